The number of hydrogen-bond acceptors (Lipinski definition) is 3. The Bertz CT molecular complexity index is 483. The van der Waals surface area contributed by atoms with Crippen LogP contribution in [-0.4, -0.2) is 36.9 Å². The molecule has 3 N–H and O–H groups in total. The zero-order chi connectivity index (χ0) is 15.1. The third kappa shape index (κ3) is 6.27. The lowest BCUT2D eigenvalue weighted by Crippen LogP contribution is -2.31. The summed E-state index contributed by atoms with van der Waals surface area (Å²) in [4.78, 5) is 22.2. The van der Waals surface area contributed by atoms with E-state index in [-0.39, 0.29) is 12.5 Å². The third-order valence-corrected chi connectivity index (χ3v) is 3.15. The van der Waals surface area contributed by atoms with E-state index in [0.29, 0.717) is 24.4 Å². The molecule has 114 valence electrons. The Morgan fingerprint density at radius 2 is 1.95 bits per heavy atom. The molecule has 0 atom stereocenters. The van der Waals surface area contributed by atoms with Crippen molar-refractivity contribution >= 4 is 17.7 Å². The number of rotatable bonds is 8. The summed E-state index contributed by atoms with van der Waals surface area (Å²) in [6.07, 6.45) is 2.49. The lowest BCUT2D eigenvalue weighted by molar-refractivity contribution is -0.136. The number of carbonyl (C=O) groups excluding carboxylic acids is 1. The molecule has 6 heteroatoms. The minimum absolute atomic E-state index is 0.0230. The van der Waals surface area contributed by atoms with Gasteiger partial charge in [-0.15, -0.1) is 0 Å². The SMILES string of the molecule is O=C(O)Cc1ccc(NC(=O)NCCOCC2CC2)cc1. The number of aliphatic carboxylic acids is 1. The summed E-state index contributed by atoms with van der Waals surface area (Å²) in [6, 6.07) is 6.43. The first kappa shape index (κ1) is 15.3. The molecule has 1 aliphatic rings. The van der Waals surface area contributed by atoms with E-state index in [4.69, 9.17) is 9.84 Å². The van der Waals surface area contributed by atoms with Gasteiger partial charge in [0.1, 0.15) is 0 Å². The van der Waals surface area contributed by atoms with Gasteiger partial charge in [-0.3, -0.25) is 4.79 Å². The highest BCUT2D eigenvalue weighted by Gasteiger charge is 2.20. The van der Waals surface area contributed by atoms with Gasteiger partial charge in [-0.05, 0) is 36.5 Å². The molecule has 0 saturated heterocycles. The molecule has 21 heavy (non-hydrogen) atoms. The van der Waals surface area contributed by atoms with Crippen LogP contribution in [0, 0.1) is 5.92 Å². The first-order valence-corrected chi connectivity index (χ1v) is 7.07. The van der Waals surface area contributed by atoms with Gasteiger partial charge in [0.05, 0.1) is 13.0 Å². The molecule has 0 bridgehead atoms. The van der Waals surface area contributed by atoms with Crippen LogP contribution < -0.4 is 10.6 Å². The number of carbonyl (C=O) groups is 2. The summed E-state index contributed by atoms with van der Waals surface area (Å²) in [7, 11) is 0. The first-order valence-electron chi connectivity index (χ1n) is 7.07. The Hall–Kier alpha value is -2.08. The highest BCUT2D eigenvalue weighted by Crippen LogP contribution is 2.28. The van der Waals surface area contributed by atoms with Gasteiger partial charge in [-0.1, -0.05) is 12.1 Å². The van der Waals surface area contributed by atoms with Crippen molar-refractivity contribution in [3.05, 3.63) is 29.8 Å². The van der Waals surface area contributed by atoms with Crippen LogP contribution in [0.1, 0.15) is 18.4 Å². The molecule has 0 aromatic heterocycles. The van der Waals surface area contributed by atoms with Crippen molar-refractivity contribution in [2.75, 3.05) is 25.1 Å². The van der Waals surface area contributed by atoms with E-state index < -0.39 is 5.97 Å². The summed E-state index contributed by atoms with van der Waals surface area (Å²) in [5.41, 5.74) is 1.32. The number of hydrogen-bond donors (Lipinski definition) is 3. The van der Waals surface area contributed by atoms with Crippen LogP contribution in [0.5, 0.6) is 0 Å². The van der Waals surface area contributed by atoms with Gasteiger partial charge in [0.2, 0.25) is 0 Å². The Morgan fingerprint density at radius 3 is 2.57 bits per heavy atom. The zero-order valence-electron chi connectivity index (χ0n) is 11.8. The maximum absolute atomic E-state index is 11.6. The van der Waals surface area contributed by atoms with Crippen LogP contribution in [0.3, 0.4) is 0 Å². The molecule has 1 aromatic carbocycles. The summed E-state index contributed by atoms with van der Waals surface area (Å²) >= 11 is 0. The predicted molar refractivity (Wildman–Crippen MR) is 78.3 cm³/mol. The molecule has 2 amide bonds. The van der Waals surface area contributed by atoms with E-state index in [1.165, 1.54) is 12.8 Å². The number of carboxylic acid groups (broad SMARTS) is 1. The molecule has 2 rings (SSSR count). The third-order valence-electron chi connectivity index (χ3n) is 3.15. The van der Waals surface area contributed by atoms with Crippen LogP contribution in [0.4, 0.5) is 10.5 Å². The van der Waals surface area contributed by atoms with Gasteiger partial charge in [-0.2, -0.15) is 0 Å². The number of ether oxygens (including phenoxy) is 1. The fraction of sp³-hybridized carbons (Fsp3) is 0.467. The van der Waals surface area contributed by atoms with Crippen LogP contribution >= 0.6 is 0 Å². The Balaban J connectivity index is 1.63. The average molecular weight is 292 g/mol. The second-order valence-electron chi connectivity index (χ2n) is 5.17. The maximum Gasteiger partial charge on any atom is 0.319 e. The van der Waals surface area contributed by atoms with Gasteiger partial charge in [0.15, 0.2) is 0 Å². The van der Waals surface area contributed by atoms with Crippen LogP contribution in [-0.2, 0) is 16.0 Å². The molecular formula is C15H20N2O4. The maximum atomic E-state index is 11.6. The topological polar surface area (TPSA) is 87.7 Å². The largest absolute Gasteiger partial charge is 0.481 e. The van der Waals surface area contributed by atoms with Crippen LogP contribution in [0.25, 0.3) is 0 Å². The minimum atomic E-state index is -0.875. The first-order chi connectivity index (χ1) is 10.1. The van der Waals surface area contributed by atoms with E-state index in [2.05, 4.69) is 10.6 Å². The van der Waals surface area contributed by atoms with Crippen molar-refractivity contribution in [2.24, 2.45) is 5.92 Å². The highest BCUT2D eigenvalue weighted by molar-refractivity contribution is 5.89. The smallest absolute Gasteiger partial charge is 0.319 e. The fourth-order valence-corrected chi connectivity index (χ4v) is 1.83. The molecule has 0 radical (unpaired) electrons. The zero-order valence-corrected chi connectivity index (χ0v) is 11.8. The second-order valence-corrected chi connectivity index (χ2v) is 5.17. The quantitative estimate of drug-likeness (QED) is 0.638. The van der Waals surface area contributed by atoms with Crippen LogP contribution in [0.2, 0.25) is 0 Å². The summed E-state index contributed by atoms with van der Waals surface area (Å²) < 4.78 is 5.41. The molecule has 1 fully saturated rings. The van der Waals surface area contributed by atoms with Crippen LogP contribution in [0.15, 0.2) is 24.3 Å². The predicted octanol–water partition coefficient (Wildman–Crippen LogP) is 1.86. The Morgan fingerprint density at radius 1 is 1.24 bits per heavy atom. The van der Waals surface area contributed by atoms with E-state index in [9.17, 15) is 9.59 Å². The molecule has 0 heterocycles. The van der Waals surface area contributed by atoms with E-state index in [0.717, 1.165) is 12.5 Å². The number of anilines is 1. The van der Waals surface area contributed by atoms with Crippen molar-refractivity contribution in [2.45, 2.75) is 19.3 Å². The Kier molecular flexibility index (Phi) is 5.57. The van der Waals surface area contributed by atoms with E-state index in [1.54, 1.807) is 24.3 Å². The molecule has 1 saturated carbocycles. The van der Waals surface area contributed by atoms with E-state index >= 15 is 0 Å². The lowest BCUT2D eigenvalue weighted by Gasteiger charge is -2.08. The summed E-state index contributed by atoms with van der Waals surface area (Å²) in [6.45, 7) is 1.77. The number of nitrogens with one attached hydrogen (secondary N) is 2. The van der Waals surface area contributed by atoms with Crippen molar-refractivity contribution in [1.82, 2.24) is 5.32 Å². The average Bonchev–Trinajstić information content (AvgIpc) is 3.24. The number of urea groups is 1. The van der Waals surface area contributed by atoms with Gasteiger partial charge in [-0.25, -0.2) is 4.79 Å². The number of carboxylic acids is 1. The van der Waals surface area contributed by atoms with Crippen molar-refractivity contribution in [1.29, 1.82) is 0 Å². The minimum Gasteiger partial charge on any atom is -0.481 e. The van der Waals surface area contributed by atoms with Gasteiger partial charge < -0.3 is 20.5 Å². The molecule has 1 aliphatic carbocycles. The van der Waals surface area contributed by atoms with Gasteiger partial charge >= 0.3 is 12.0 Å². The number of amides is 2. The lowest BCUT2D eigenvalue weighted by atomic mass is 10.1. The molecule has 6 nitrogen and oxygen atoms in total. The Labute approximate surface area is 123 Å². The van der Waals surface area contributed by atoms with Crippen molar-refractivity contribution in [3.8, 4) is 0 Å². The van der Waals surface area contributed by atoms with Gasteiger partial charge in [0.25, 0.3) is 0 Å². The normalized spacial score (nSPS) is 13.7. The second kappa shape index (κ2) is 7.64. The summed E-state index contributed by atoms with van der Waals surface area (Å²) in [5, 5.41) is 14.1. The van der Waals surface area contributed by atoms with Crippen molar-refractivity contribution < 1.29 is 19.4 Å². The van der Waals surface area contributed by atoms with Gasteiger partial charge in [0, 0.05) is 18.8 Å². The fourth-order valence-electron chi connectivity index (χ4n) is 1.83. The molecule has 0 unspecified atom stereocenters. The van der Waals surface area contributed by atoms with Crippen molar-refractivity contribution in [3.63, 3.8) is 0 Å². The number of benzene rings is 1. The molecule has 0 aliphatic heterocycles. The monoisotopic (exact) mass is 292 g/mol. The molecular weight excluding hydrogens is 272 g/mol. The molecule has 1 aromatic rings. The highest BCUT2D eigenvalue weighted by atomic mass is 16.5. The standard InChI is InChI=1S/C15H20N2O4/c18-14(19)9-11-3-5-13(6-4-11)17-15(20)16-7-8-21-10-12-1-2-12/h3-6,12H,1-2,7-10H2,(H,18,19)(H2,16,17,20). The van der Waals surface area contributed by atoms with E-state index in [1.807, 2.05) is 0 Å². The molecule has 0 spiro atoms. The summed E-state index contributed by atoms with van der Waals surface area (Å²) in [5.74, 6) is -0.150.